The monoisotopic (exact) mass is 264 g/mol. The summed E-state index contributed by atoms with van der Waals surface area (Å²) in [7, 11) is 0. The minimum absolute atomic E-state index is 0.221. The molecule has 0 atom stereocenters. The lowest BCUT2D eigenvalue weighted by Gasteiger charge is -1.98. The Bertz CT molecular complexity index is 519. The topological polar surface area (TPSA) is 65.2 Å². The quantitative estimate of drug-likeness (QED) is 0.592. The van der Waals surface area contributed by atoms with Crippen molar-refractivity contribution in [3.63, 3.8) is 0 Å². The van der Waals surface area contributed by atoms with Crippen LogP contribution in [0.5, 0.6) is 0 Å². The lowest BCUT2D eigenvalue weighted by Crippen LogP contribution is -2.05. The minimum atomic E-state index is -0.301. The number of nitrogens with zero attached hydrogens (tertiary/aromatic N) is 2. The zero-order valence-corrected chi connectivity index (χ0v) is 10.5. The van der Waals surface area contributed by atoms with Crippen LogP contribution in [0.15, 0.2) is 33.9 Å². The Kier molecular flexibility index (Phi) is 4.25. The number of hydrogen-bond acceptors (Lipinski definition) is 6. The Hall–Kier alpha value is -1.95. The first-order valence-electron chi connectivity index (χ1n) is 5.41. The fourth-order valence-corrected chi connectivity index (χ4v) is 1.92. The molecule has 0 aliphatic carbocycles. The van der Waals surface area contributed by atoms with Gasteiger partial charge in [-0.3, -0.25) is 4.79 Å². The van der Waals surface area contributed by atoms with Crippen molar-refractivity contribution in [1.82, 2.24) is 10.2 Å². The van der Waals surface area contributed by atoms with Crippen LogP contribution in [-0.4, -0.2) is 22.8 Å². The molecule has 6 heteroatoms. The number of thiophene rings is 1. The van der Waals surface area contributed by atoms with Crippen molar-refractivity contribution in [2.24, 2.45) is 0 Å². The zero-order valence-electron chi connectivity index (χ0n) is 9.67. The normalized spacial score (nSPS) is 10.2. The van der Waals surface area contributed by atoms with Crippen LogP contribution in [0.4, 0.5) is 0 Å². The van der Waals surface area contributed by atoms with Crippen molar-refractivity contribution >= 4 is 17.3 Å². The van der Waals surface area contributed by atoms with Gasteiger partial charge in [0, 0.05) is 17.4 Å². The van der Waals surface area contributed by atoms with E-state index in [2.05, 4.69) is 16.8 Å². The molecular weight excluding hydrogens is 252 g/mol. The fraction of sp³-hybridized carbons (Fsp3) is 0.250. The van der Waals surface area contributed by atoms with E-state index in [1.807, 2.05) is 16.8 Å². The van der Waals surface area contributed by atoms with Crippen LogP contribution in [0.25, 0.3) is 11.5 Å². The maximum absolute atomic E-state index is 11.3. The number of aromatic nitrogens is 2. The van der Waals surface area contributed by atoms with Crippen molar-refractivity contribution < 1.29 is 13.9 Å². The largest absolute Gasteiger partial charge is 0.461 e. The molecule has 2 rings (SSSR count). The number of carbonyl (C=O) groups excluding carboxylic acids is 1. The molecular formula is C12H12N2O3S. The molecule has 0 unspecified atom stereocenters. The predicted molar refractivity (Wildman–Crippen MR) is 67.1 cm³/mol. The lowest BCUT2D eigenvalue weighted by molar-refractivity contribution is -0.142. The molecule has 5 nitrogen and oxygen atoms in total. The molecule has 94 valence electrons. The van der Waals surface area contributed by atoms with E-state index in [1.165, 1.54) is 6.08 Å². The number of rotatable bonds is 6. The summed E-state index contributed by atoms with van der Waals surface area (Å²) in [6, 6.07) is 1.90. The maximum atomic E-state index is 11.3. The lowest BCUT2D eigenvalue weighted by atomic mass is 10.3. The van der Waals surface area contributed by atoms with Gasteiger partial charge in [0.15, 0.2) is 0 Å². The Labute approximate surface area is 108 Å². The molecule has 0 aromatic carbocycles. The summed E-state index contributed by atoms with van der Waals surface area (Å²) in [5, 5.41) is 11.7. The molecule has 0 bridgehead atoms. The Morgan fingerprint density at radius 2 is 2.44 bits per heavy atom. The fourth-order valence-electron chi connectivity index (χ4n) is 1.29. The standard InChI is InChI=1S/C12H12N2O3S/c1-2-6-16-11(15)4-3-10-13-14-12(17-10)9-5-7-18-8-9/h2,5,7-8H,1,3-4,6H2. The van der Waals surface area contributed by atoms with E-state index < -0.39 is 0 Å². The number of hydrogen-bond donors (Lipinski definition) is 0. The summed E-state index contributed by atoms with van der Waals surface area (Å²) < 4.78 is 10.3. The second-order valence-electron chi connectivity index (χ2n) is 3.48. The molecule has 18 heavy (non-hydrogen) atoms. The SMILES string of the molecule is C=CCOC(=O)CCc1nnc(-c2ccsc2)o1. The second-order valence-corrected chi connectivity index (χ2v) is 4.26. The molecule has 0 fully saturated rings. The highest BCUT2D eigenvalue weighted by Gasteiger charge is 2.10. The van der Waals surface area contributed by atoms with Crippen molar-refractivity contribution in [3.05, 3.63) is 35.4 Å². The summed E-state index contributed by atoms with van der Waals surface area (Å²) in [4.78, 5) is 11.3. The first kappa shape index (κ1) is 12.5. The molecule has 0 aliphatic rings. The molecule has 0 saturated carbocycles. The van der Waals surface area contributed by atoms with Crippen molar-refractivity contribution in [1.29, 1.82) is 0 Å². The zero-order chi connectivity index (χ0) is 12.8. The first-order valence-corrected chi connectivity index (χ1v) is 6.35. The van der Waals surface area contributed by atoms with Crippen LogP contribution in [0.2, 0.25) is 0 Å². The van der Waals surface area contributed by atoms with Crippen LogP contribution >= 0.6 is 11.3 Å². The van der Waals surface area contributed by atoms with Crippen LogP contribution in [-0.2, 0) is 16.0 Å². The van der Waals surface area contributed by atoms with Crippen LogP contribution < -0.4 is 0 Å². The van der Waals surface area contributed by atoms with E-state index in [0.29, 0.717) is 18.2 Å². The molecule has 0 aliphatic heterocycles. The van der Waals surface area contributed by atoms with Gasteiger partial charge in [0.05, 0.1) is 6.42 Å². The Balaban J connectivity index is 1.87. The van der Waals surface area contributed by atoms with E-state index in [0.717, 1.165) is 5.56 Å². The molecule has 0 spiro atoms. The van der Waals surface area contributed by atoms with Gasteiger partial charge in [0.2, 0.25) is 11.8 Å². The number of esters is 1. The number of aryl methyl sites for hydroxylation is 1. The average Bonchev–Trinajstić information content (AvgIpc) is 3.03. The van der Waals surface area contributed by atoms with Gasteiger partial charge in [-0.15, -0.1) is 10.2 Å². The third kappa shape index (κ3) is 3.27. The van der Waals surface area contributed by atoms with Crippen LogP contribution in [0.3, 0.4) is 0 Å². The van der Waals surface area contributed by atoms with Gasteiger partial charge in [-0.1, -0.05) is 12.7 Å². The van der Waals surface area contributed by atoms with E-state index >= 15 is 0 Å². The highest BCUT2D eigenvalue weighted by Crippen LogP contribution is 2.20. The van der Waals surface area contributed by atoms with E-state index in [9.17, 15) is 4.79 Å². The molecule has 0 amide bonds. The van der Waals surface area contributed by atoms with Gasteiger partial charge in [-0.25, -0.2) is 0 Å². The smallest absolute Gasteiger partial charge is 0.306 e. The predicted octanol–water partition coefficient (Wildman–Crippen LogP) is 2.46. The third-order valence-electron chi connectivity index (χ3n) is 2.14. The van der Waals surface area contributed by atoms with Gasteiger partial charge in [0.25, 0.3) is 0 Å². The average molecular weight is 264 g/mol. The number of ether oxygens (including phenoxy) is 1. The summed E-state index contributed by atoms with van der Waals surface area (Å²) in [6.07, 6.45) is 2.13. The molecule has 0 saturated heterocycles. The van der Waals surface area contributed by atoms with Gasteiger partial charge in [0.1, 0.15) is 6.61 Å². The molecule has 0 N–H and O–H groups in total. The van der Waals surface area contributed by atoms with Crippen molar-refractivity contribution in [2.45, 2.75) is 12.8 Å². The highest BCUT2D eigenvalue weighted by atomic mass is 32.1. The summed E-state index contributed by atoms with van der Waals surface area (Å²) in [6.45, 7) is 3.69. The Morgan fingerprint density at radius 3 is 3.17 bits per heavy atom. The summed E-state index contributed by atoms with van der Waals surface area (Å²) in [5.74, 6) is 0.614. The molecule has 2 aromatic rings. The van der Waals surface area contributed by atoms with Crippen molar-refractivity contribution in [2.75, 3.05) is 6.61 Å². The van der Waals surface area contributed by atoms with E-state index in [4.69, 9.17) is 9.15 Å². The maximum Gasteiger partial charge on any atom is 0.306 e. The van der Waals surface area contributed by atoms with Gasteiger partial charge in [-0.05, 0) is 11.4 Å². The minimum Gasteiger partial charge on any atom is -0.461 e. The van der Waals surface area contributed by atoms with Gasteiger partial charge in [-0.2, -0.15) is 11.3 Å². The highest BCUT2D eigenvalue weighted by molar-refractivity contribution is 7.08. The number of carbonyl (C=O) groups is 1. The van der Waals surface area contributed by atoms with Crippen LogP contribution in [0, 0.1) is 0 Å². The van der Waals surface area contributed by atoms with E-state index in [-0.39, 0.29) is 19.0 Å². The van der Waals surface area contributed by atoms with Gasteiger partial charge < -0.3 is 9.15 Å². The molecule has 0 radical (unpaired) electrons. The summed E-state index contributed by atoms with van der Waals surface area (Å²) >= 11 is 1.56. The Morgan fingerprint density at radius 1 is 1.56 bits per heavy atom. The van der Waals surface area contributed by atoms with E-state index in [1.54, 1.807) is 11.3 Å². The van der Waals surface area contributed by atoms with Crippen LogP contribution in [0.1, 0.15) is 12.3 Å². The second kappa shape index (κ2) is 6.11. The van der Waals surface area contributed by atoms with Gasteiger partial charge >= 0.3 is 5.97 Å². The van der Waals surface area contributed by atoms with Crippen molar-refractivity contribution in [3.8, 4) is 11.5 Å². The first-order chi connectivity index (χ1) is 8.79. The third-order valence-corrected chi connectivity index (χ3v) is 2.82. The molecule has 2 aromatic heterocycles. The molecule has 2 heterocycles. The summed E-state index contributed by atoms with van der Waals surface area (Å²) in [5.41, 5.74) is 0.896.